The second kappa shape index (κ2) is 6.48. The minimum atomic E-state index is -0.429. The molecule has 94 valence electrons. The highest BCUT2D eigenvalue weighted by atomic mass is 16.5. The molecule has 0 spiro atoms. The van der Waals surface area contributed by atoms with Gasteiger partial charge >= 0.3 is 5.97 Å². The SMILES string of the molecule is COC(=O)C(C)C(C)NC(C(N)=O)C(C)C. The summed E-state index contributed by atoms with van der Waals surface area (Å²) < 4.78 is 4.64. The van der Waals surface area contributed by atoms with Crippen LogP contribution in [0.25, 0.3) is 0 Å². The normalized spacial score (nSPS) is 16.6. The maximum absolute atomic E-state index is 11.3. The van der Waals surface area contributed by atoms with Gasteiger partial charge in [0, 0.05) is 6.04 Å². The molecule has 0 aromatic carbocycles. The molecule has 5 heteroatoms. The molecule has 16 heavy (non-hydrogen) atoms. The molecule has 0 radical (unpaired) electrons. The molecule has 0 heterocycles. The van der Waals surface area contributed by atoms with Crippen molar-refractivity contribution in [3.63, 3.8) is 0 Å². The second-order valence-corrected chi connectivity index (χ2v) is 4.39. The Morgan fingerprint density at radius 3 is 2.00 bits per heavy atom. The van der Waals surface area contributed by atoms with E-state index >= 15 is 0 Å². The average Bonchev–Trinajstić information content (AvgIpc) is 2.22. The summed E-state index contributed by atoms with van der Waals surface area (Å²) in [5, 5.41) is 3.06. The lowest BCUT2D eigenvalue weighted by Crippen LogP contribution is -2.51. The number of amides is 1. The fraction of sp³-hybridized carbons (Fsp3) is 0.818. The van der Waals surface area contributed by atoms with Gasteiger partial charge in [0.2, 0.25) is 5.91 Å². The van der Waals surface area contributed by atoms with E-state index in [1.54, 1.807) is 6.92 Å². The van der Waals surface area contributed by atoms with Gasteiger partial charge in [-0.3, -0.25) is 9.59 Å². The van der Waals surface area contributed by atoms with E-state index in [2.05, 4.69) is 10.1 Å². The van der Waals surface area contributed by atoms with Crippen LogP contribution in [-0.2, 0) is 14.3 Å². The highest BCUT2D eigenvalue weighted by Crippen LogP contribution is 2.09. The molecule has 0 aliphatic carbocycles. The Morgan fingerprint density at radius 2 is 1.69 bits per heavy atom. The molecule has 0 aromatic heterocycles. The Morgan fingerprint density at radius 1 is 1.19 bits per heavy atom. The minimum absolute atomic E-state index is 0.0878. The first-order valence-corrected chi connectivity index (χ1v) is 5.44. The van der Waals surface area contributed by atoms with Gasteiger partial charge in [-0.25, -0.2) is 0 Å². The van der Waals surface area contributed by atoms with E-state index in [-0.39, 0.29) is 23.8 Å². The number of esters is 1. The molecular weight excluding hydrogens is 208 g/mol. The molecule has 0 fully saturated rings. The van der Waals surface area contributed by atoms with Gasteiger partial charge in [0.15, 0.2) is 0 Å². The molecule has 0 aromatic rings. The van der Waals surface area contributed by atoms with Gasteiger partial charge in [0.25, 0.3) is 0 Å². The summed E-state index contributed by atoms with van der Waals surface area (Å²) in [5.41, 5.74) is 5.28. The monoisotopic (exact) mass is 230 g/mol. The van der Waals surface area contributed by atoms with Crippen molar-refractivity contribution < 1.29 is 14.3 Å². The lowest BCUT2D eigenvalue weighted by molar-refractivity contribution is -0.146. The zero-order valence-electron chi connectivity index (χ0n) is 10.6. The number of carbonyl (C=O) groups excluding carboxylic acids is 2. The molecule has 0 saturated heterocycles. The van der Waals surface area contributed by atoms with Gasteiger partial charge in [-0.2, -0.15) is 0 Å². The van der Waals surface area contributed by atoms with E-state index in [9.17, 15) is 9.59 Å². The third-order valence-corrected chi connectivity index (χ3v) is 2.74. The molecule has 3 atom stereocenters. The van der Waals surface area contributed by atoms with Crippen molar-refractivity contribution in [2.24, 2.45) is 17.6 Å². The first-order chi connectivity index (χ1) is 7.31. The molecule has 1 amide bonds. The largest absolute Gasteiger partial charge is 0.469 e. The summed E-state index contributed by atoms with van der Waals surface area (Å²) in [6.07, 6.45) is 0. The maximum atomic E-state index is 11.3. The van der Waals surface area contributed by atoms with Crippen LogP contribution in [0.15, 0.2) is 0 Å². The lowest BCUT2D eigenvalue weighted by atomic mass is 9.98. The number of nitrogens with one attached hydrogen (secondary N) is 1. The van der Waals surface area contributed by atoms with E-state index in [1.165, 1.54) is 7.11 Å². The van der Waals surface area contributed by atoms with Gasteiger partial charge in [-0.1, -0.05) is 20.8 Å². The fourth-order valence-electron chi connectivity index (χ4n) is 1.42. The number of hydrogen-bond donors (Lipinski definition) is 2. The van der Waals surface area contributed by atoms with Crippen molar-refractivity contribution in [2.75, 3.05) is 7.11 Å². The van der Waals surface area contributed by atoms with Crippen LogP contribution in [-0.4, -0.2) is 31.1 Å². The molecular formula is C11H22N2O3. The van der Waals surface area contributed by atoms with E-state index in [1.807, 2.05) is 20.8 Å². The Hall–Kier alpha value is -1.10. The summed E-state index contributed by atoms with van der Waals surface area (Å²) in [7, 11) is 1.35. The number of rotatable bonds is 6. The van der Waals surface area contributed by atoms with E-state index in [0.717, 1.165) is 0 Å². The molecule has 0 aliphatic heterocycles. The van der Waals surface area contributed by atoms with Crippen LogP contribution in [0.5, 0.6) is 0 Å². The van der Waals surface area contributed by atoms with Gasteiger partial charge < -0.3 is 15.8 Å². The highest BCUT2D eigenvalue weighted by Gasteiger charge is 2.27. The zero-order valence-corrected chi connectivity index (χ0v) is 10.6. The predicted molar refractivity (Wildman–Crippen MR) is 61.6 cm³/mol. The molecule has 0 saturated carbocycles. The number of methoxy groups -OCH3 is 1. The van der Waals surface area contributed by atoms with Crippen LogP contribution < -0.4 is 11.1 Å². The van der Waals surface area contributed by atoms with E-state index < -0.39 is 11.9 Å². The third-order valence-electron chi connectivity index (χ3n) is 2.74. The van der Waals surface area contributed by atoms with Crippen molar-refractivity contribution in [1.82, 2.24) is 5.32 Å². The topological polar surface area (TPSA) is 81.4 Å². The van der Waals surface area contributed by atoms with Crippen LogP contribution in [0, 0.1) is 11.8 Å². The molecule has 0 aliphatic rings. The number of carbonyl (C=O) groups is 2. The fourth-order valence-corrected chi connectivity index (χ4v) is 1.42. The van der Waals surface area contributed by atoms with Crippen LogP contribution in [0.3, 0.4) is 0 Å². The van der Waals surface area contributed by atoms with Crippen LogP contribution in [0.2, 0.25) is 0 Å². The Bertz CT molecular complexity index is 254. The smallest absolute Gasteiger partial charge is 0.309 e. The summed E-state index contributed by atoms with van der Waals surface area (Å²) in [6, 6.07) is -0.588. The van der Waals surface area contributed by atoms with Crippen LogP contribution in [0.4, 0.5) is 0 Å². The number of ether oxygens (including phenoxy) is 1. The Labute approximate surface area is 96.7 Å². The number of primary amides is 1. The molecule has 0 rings (SSSR count). The van der Waals surface area contributed by atoms with Crippen molar-refractivity contribution in [3.8, 4) is 0 Å². The van der Waals surface area contributed by atoms with E-state index in [4.69, 9.17) is 5.73 Å². The van der Waals surface area contributed by atoms with E-state index in [0.29, 0.717) is 0 Å². The van der Waals surface area contributed by atoms with Gasteiger partial charge in [-0.15, -0.1) is 0 Å². The van der Waals surface area contributed by atoms with Crippen molar-refractivity contribution in [1.29, 1.82) is 0 Å². The number of hydrogen-bond acceptors (Lipinski definition) is 4. The Kier molecular flexibility index (Phi) is 6.03. The number of nitrogens with two attached hydrogens (primary N) is 1. The predicted octanol–water partition coefficient (Wildman–Crippen LogP) is 0.284. The standard InChI is InChI=1S/C11H22N2O3/c1-6(2)9(10(12)14)13-8(4)7(3)11(15)16-5/h6-9,13H,1-5H3,(H2,12,14). The molecule has 5 nitrogen and oxygen atoms in total. The highest BCUT2D eigenvalue weighted by molar-refractivity contribution is 5.80. The molecule has 3 N–H and O–H groups in total. The lowest BCUT2D eigenvalue weighted by Gasteiger charge is -2.26. The zero-order chi connectivity index (χ0) is 12.9. The van der Waals surface area contributed by atoms with Crippen LogP contribution >= 0.6 is 0 Å². The van der Waals surface area contributed by atoms with Crippen molar-refractivity contribution in [3.05, 3.63) is 0 Å². The molecule has 0 bridgehead atoms. The summed E-state index contributed by atoms with van der Waals surface area (Å²) >= 11 is 0. The first kappa shape index (κ1) is 14.9. The van der Waals surface area contributed by atoms with Gasteiger partial charge in [-0.05, 0) is 12.8 Å². The quantitative estimate of drug-likeness (QED) is 0.642. The first-order valence-electron chi connectivity index (χ1n) is 5.44. The average molecular weight is 230 g/mol. The van der Waals surface area contributed by atoms with Crippen molar-refractivity contribution in [2.45, 2.75) is 39.8 Å². The molecule has 3 unspecified atom stereocenters. The van der Waals surface area contributed by atoms with Crippen molar-refractivity contribution >= 4 is 11.9 Å². The second-order valence-electron chi connectivity index (χ2n) is 4.39. The summed E-state index contributed by atoms with van der Waals surface area (Å²) in [5.74, 6) is -0.929. The Balaban J connectivity index is 4.46. The van der Waals surface area contributed by atoms with Crippen LogP contribution in [0.1, 0.15) is 27.7 Å². The van der Waals surface area contributed by atoms with Gasteiger partial charge in [0.1, 0.15) is 0 Å². The maximum Gasteiger partial charge on any atom is 0.309 e. The summed E-state index contributed by atoms with van der Waals surface area (Å²) in [4.78, 5) is 22.5. The summed E-state index contributed by atoms with van der Waals surface area (Å²) in [6.45, 7) is 7.39. The van der Waals surface area contributed by atoms with Gasteiger partial charge in [0.05, 0.1) is 19.1 Å². The third kappa shape index (κ3) is 4.18. The minimum Gasteiger partial charge on any atom is -0.469 e.